The summed E-state index contributed by atoms with van der Waals surface area (Å²) in [6.45, 7) is 0. The highest BCUT2D eigenvalue weighted by atomic mass is 16.4. The van der Waals surface area contributed by atoms with E-state index in [0.29, 0.717) is 11.4 Å². The van der Waals surface area contributed by atoms with Gasteiger partial charge in [-0.25, -0.2) is 14.8 Å². The average molecular weight is 406 g/mol. The second-order valence-electron chi connectivity index (χ2n) is 6.30. The fourth-order valence-electron chi connectivity index (χ4n) is 2.50. The fraction of sp³-hybridized carbons (Fsp3) is 0.375. The van der Waals surface area contributed by atoms with Crippen molar-refractivity contribution in [2.24, 2.45) is 11.5 Å². The van der Waals surface area contributed by atoms with Crippen LogP contribution in [0.25, 0.3) is 0 Å². The SMILES string of the molecule is NC(=O)C[C@H](NC(=O)[C@H](Cc1cnc[nH]1)NC(=O)[C@@H](N)Cc1cnc[nH]1)C(=O)O. The van der Waals surface area contributed by atoms with Crippen LogP contribution in [0.3, 0.4) is 0 Å². The molecule has 13 nitrogen and oxygen atoms in total. The minimum absolute atomic E-state index is 0.00272. The Balaban J connectivity index is 2.08. The lowest BCUT2D eigenvalue weighted by atomic mass is 10.1. The van der Waals surface area contributed by atoms with Gasteiger partial charge in [0, 0.05) is 36.6 Å². The van der Waals surface area contributed by atoms with Gasteiger partial charge in [0.15, 0.2) is 0 Å². The molecule has 0 unspecified atom stereocenters. The number of primary amides is 1. The first kappa shape index (κ1) is 21.6. The minimum atomic E-state index is -1.53. The molecule has 0 aliphatic rings. The van der Waals surface area contributed by atoms with Gasteiger partial charge in [-0.3, -0.25) is 14.4 Å². The van der Waals surface area contributed by atoms with Gasteiger partial charge in [0.05, 0.1) is 25.1 Å². The van der Waals surface area contributed by atoms with E-state index < -0.39 is 48.2 Å². The number of carbonyl (C=O) groups is 4. The van der Waals surface area contributed by atoms with Crippen LogP contribution in [0.4, 0.5) is 0 Å². The number of carboxylic acids is 1. The standard InChI is InChI=1S/C16H22N8O5/c17-10(1-8-4-19-6-21-8)14(26)23-11(2-9-5-20-7-22-9)15(27)24-12(16(28)29)3-13(18)25/h4-7,10-12H,1-3,17H2,(H2,18,25)(H,19,21)(H,20,22)(H,23,26)(H,24,27)(H,28,29)/t10-,11-,12-/m0/s1. The van der Waals surface area contributed by atoms with Gasteiger partial charge in [0.1, 0.15) is 12.1 Å². The molecule has 156 valence electrons. The molecule has 0 saturated carbocycles. The Bertz CT molecular complexity index is 836. The molecule has 13 heteroatoms. The van der Waals surface area contributed by atoms with Crippen molar-refractivity contribution in [3.8, 4) is 0 Å². The van der Waals surface area contributed by atoms with E-state index in [9.17, 15) is 19.2 Å². The van der Waals surface area contributed by atoms with Gasteiger partial charge in [-0.05, 0) is 0 Å². The van der Waals surface area contributed by atoms with E-state index in [-0.39, 0.29) is 12.8 Å². The third-order valence-corrected chi connectivity index (χ3v) is 3.96. The number of nitrogens with two attached hydrogens (primary N) is 2. The molecule has 29 heavy (non-hydrogen) atoms. The third-order valence-electron chi connectivity index (χ3n) is 3.96. The number of hydrogen-bond acceptors (Lipinski definition) is 7. The maximum absolute atomic E-state index is 12.6. The Morgan fingerprint density at radius 2 is 1.52 bits per heavy atom. The van der Waals surface area contributed by atoms with E-state index in [2.05, 4.69) is 30.6 Å². The van der Waals surface area contributed by atoms with E-state index in [1.807, 2.05) is 0 Å². The number of imidazole rings is 2. The van der Waals surface area contributed by atoms with E-state index in [1.165, 1.54) is 25.0 Å². The van der Waals surface area contributed by atoms with Gasteiger partial charge in [0.25, 0.3) is 0 Å². The number of nitrogens with zero attached hydrogens (tertiary/aromatic N) is 2. The zero-order valence-electron chi connectivity index (χ0n) is 15.3. The molecule has 0 aliphatic heterocycles. The summed E-state index contributed by atoms with van der Waals surface area (Å²) < 4.78 is 0. The van der Waals surface area contributed by atoms with Crippen LogP contribution in [0.15, 0.2) is 25.0 Å². The van der Waals surface area contributed by atoms with Crippen molar-refractivity contribution in [2.45, 2.75) is 37.4 Å². The minimum Gasteiger partial charge on any atom is -0.480 e. The molecule has 9 N–H and O–H groups in total. The lowest BCUT2D eigenvalue weighted by Crippen LogP contribution is -2.56. The molecule has 0 saturated heterocycles. The number of hydrogen-bond donors (Lipinski definition) is 7. The number of aromatic nitrogens is 4. The smallest absolute Gasteiger partial charge is 0.326 e. The predicted molar refractivity (Wildman–Crippen MR) is 97.9 cm³/mol. The largest absolute Gasteiger partial charge is 0.480 e. The molecule has 0 fully saturated rings. The molecule has 0 aliphatic carbocycles. The van der Waals surface area contributed by atoms with Gasteiger partial charge in [0.2, 0.25) is 17.7 Å². The molecular weight excluding hydrogens is 384 g/mol. The Labute approximate surface area is 164 Å². The van der Waals surface area contributed by atoms with Crippen LogP contribution in [-0.2, 0) is 32.0 Å². The van der Waals surface area contributed by atoms with Crippen LogP contribution < -0.4 is 22.1 Å². The zero-order chi connectivity index (χ0) is 21.4. The van der Waals surface area contributed by atoms with Crippen LogP contribution in [0.1, 0.15) is 17.8 Å². The Morgan fingerprint density at radius 1 is 0.966 bits per heavy atom. The Kier molecular flexibility index (Phi) is 7.42. The number of aromatic amines is 2. The molecular formula is C16H22N8O5. The number of amides is 3. The highest BCUT2D eigenvalue weighted by Crippen LogP contribution is 2.03. The molecule has 3 amide bonds. The van der Waals surface area contributed by atoms with Crippen molar-refractivity contribution in [2.75, 3.05) is 0 Å². The van der Waals surface area contributed by atoms with Crippen LogP contribution in [-0.4, -0.2) is 66.9 Å². The molecule has 2 aromatic heterocycles. The number of rotatable bonds is 11. The average Bonchev–Trinajstić information content (AvgIpc) is 3.33. The number of nitrogens with one attached hydrogen (secondary N) is 4. The summed E-state index contributed by atoms with van der Waals surface area (Å²) in [6, 6.07) is -3.67. The zero-order valence-corrected chi connectivity index (χ0v) is 15.3. The quantitative estimate of drug-likeness (QED) is 0.205. The van der Waals surface area contributed by atoms with Crippen molar-refractivity contribution in [3.05, 3.63) is 36.4 Å². The van der Waals surface area contributed by atoms with Crippen molar-refractivity contribution < 1.29 is 24.3 Å². The summed E-state index contributed by atoms with van der Waals surface area (Å²) in [6.07, 6.45) is 5.37. The number of aliphatic carboxylic acids is 1. The van der Waals surface area contributed by atoms with Crippen LogP contribution in [0.5, 0.6) is 0 Å². The van der Waals surface area contributed by atoms with Crippen LogP contribution in [0.2, 0.25) is 0 Å². The first-order chi connectivity index (χ1) is 13.8. The number of H-pyrrole nitrogens is 2. The first-order valence-electron chi connectivity index (χ1n) is 8.58. The third kappa shape index (κ3) is 6.73. The summed E-state index contributed by atoms with van der Waals surface area (Å²) in [7, 11) is 0. The normalized spacial score (nSPS) is 13.8. The summed E-state index contributed by atoms with van der Waals surface area (Å²) >= 11 is 0. The molecule has 0 radical (unpaired) electrons. The topological polar surface area (TPSA) is 222 Å². The Hall–Kier alpha value is -3.74. The van der Waals surface area contributed by atoms with Crippen LogP contribution in [0, 0.1) is 0 Å². The molecule has 0 spiro atoms. The fourth-order valence-corrected chi connectivity index (χ4v) is 2.50. The van der Waals surface area contributed by atoms with Crippen molar-refractivity contribution in [3.63, 3.8) is 0 Å². The highest BCUT2D eigenvalue weighted by molar-refractivity contribution is 5.93. The van der Waals surface area contributed by atoms with Crippen molar-refractivity contribution >= 4 is 23.7 Å². The van der Waals surface area contributed by atoms with E-state index in [4.69, 9.17) is 16.6 Å². The summed E-state index contributed by atoms with van der Waals surface area (Å²) in [4.78, 5) is 60.6. The van der Waals surface area contributed by atoms with Gasteiger partial charge in [-0.1, -0.05) is 0 Å². The second kappa shape index (κ2) is 9.98. The molecule has 2 rings (SSSR count). The van der Waals surface area contributed by atoms with Crippen LogP contribution >= 0.6 is 0 Å². The Morgan fingerprint density at radius 3 is 2.00 bits per heavy atom. The number of carbonyl (C=O) groups excluding carboxylic acids is 3. The van der Waals surface area contributed by atoms with E-state index in [0.717, 1.165) is 0 Å². The molecule has 3 atom stereocenters. The van der Waals surface area contributed by atoms with Gasteiger partial charge >= 0.3 is 5.97 Å². The summed E-state index contributed by atoms with van der Waals surface area (Å²) in [5.74, 6) is -3.76. The van der Waals surface area contributed by atoms with Crippen molar-refractivity contribution in [1.29, 1.82) is 0 Å². The van der Waals surface area contributed by atoms with Gasteiger partial charge in [-0.15, -0.1) is 0 Å². The summed E-state index contributed by atoms with van der Waals surface area (Å²) in [5, 5.41) is 13.9. The summed E-state index contributed by atoms with van der Waals surface area (Å²) in [5.41, 5.74) is 12.1. The van der Waals surface area contributed by atoms with E-state index in [1.54, 1.807) is 0 Å². The molecule has 0 aromatic carbocycles. The second-order valence-corrected chi connectivity index (χ2v) is 6.30. The highest BCUT2D eigenvalue weighted by Gasteiger charge is 2.29. The van der Waals surface area contributed by atoms with Gasteiger partial charge < -0.3 is 37.2 Å². The molecule has 0 bridgehead atoms. The monoisotopic (exact) mass is 406 g/mol. The van der Waals surface area contributed by atoms with E-state index >= 15 is 0 Å². The maximum Gasteiger partial charge on any atom is 0.326 e. The number of carboxylic acid groups (broad SMARTS) is 1. The predicted octanol–water partition coefficient (Wildman–Crippen LogP) is -2.83. The maximum atomic E-state index is 12.6. The lowest BCUT2D eigenvalue weighted by Gasteiger charge is -2.22. The molecule has 2 aromatic rings. The molecule has 2 heterocycles. The van der Waals surface area contributed by atoms with Crippen molar-refractivity contribution in [1.82, 2.24) is 30.6 Å². The van der Waals surface area contributed by atoms with Gasteiger partial charge in [-0.2, -0.15) is 0 Å². The lowest BCUT2D eigenvalue weighted by molar-refractivity contribution is -0.143. The first-order valence-corrected chi connectivity index (χ1v) is 8.58.